The number of halogens is 2. The van der Waals surface area contributed by atoms with E-state index in [4.69, 9.17) is 23.2 Å². The minimum Gasteiger partial charge on any atom is -0.333 e. The van der Waals surface area contributed by atoms with Crippen LogP contribution in [-0.4, -0.2) is 51.7 Å². The Morgan fingerprint density at radius 3 is 2.13 bits per heavy atom. The number of benzene rings is 2. The number of non-ortho nitro benzene ring substituents is 2. The number of carbonyl (C=O) groups is 1. The summed E-state index contributed by atoms with van der Waals surface area (Å²) in [4.78, 5) is 37.9. The lowest BCUT2D eigenvalue weighted by molar-refractivity contribution is -0.394. The molecule has 1 fully saturated rings. The summed E-state index contributed by atoms with van der Waals surface area (Å²) in [6.45, 7) is 3.05. The van der Waals surface area contributed by atoms with E-state index in [1.807, 2.05) is 0 Å². The Bertz CT molecular complexity index is 979. The van der Waals surface area contributed by atoms with E-state index in [1.54, 1.807) is 18.2 Å². The average molecular weight is 467 g/mol. The number of amides is 1. The molecule has 1 amide bonds. The largest absolute Gasteiger partial charge is 0.333 e. The van der Waals surface area contributed by atoms with E-state index in [0.29, 0.717) is 23.1 Å². The fourth-order valence-electron chi connectivity index (χ4n) is 3.49. The second kappa shape index (κ2) is 10.0. The Morgan fingerprint density at radius 2 is 1.58 bits per heavy atom. The summed E-state index contributed by atoms with van der Waals surface area (Å²) in [5.41, 5.74) is -0.398. The molecule has 0 N–H and O–H groups in total. The van der Waals surface area contributed by atoms with E-state index in [2.05, 4.69) is 4.90 Å². The van der Waals surface area contributed by atoms with Gasteiger partial charge in [0, 0.05) is 31.8 Å². The summed E-state index contributed by atoms with van der Waals surface area (Å²) in [6.07, 6.45) is 2.19. The van der Waals surface area contributed by atoms with Gasteiger partial charge < -0.3 is 9.80 Å². The molecule has 0 spiro atoms. The van der Waals surface area contributed by atoms with Crippen LogP contribution in [0, 0.1) is 20.2 Å². The van der Waals surface area contributed by atoms with Crippen molar-refractivity contribution in [3.8, 4) is 0 Å². The van der Waals surface area contributed by atoms with E-state index in [9.17, 15) is 25.0 Å². The molecule has 1 aliphatic rings. The summed E-state index contributed by atoms with van der Waals surface area (Å²) >= 11 is 12.1. The third kappa shape index (κ3) is 5.90. The van der Waals surface area contributed by atoms with Gasteiger partial charge in [-0.1, -0.05) is 29.3 Å². The van der Waals surface area contributed by atoms with Gasteiger partial charge in [0.25, 0.3) is 17.3 Å². The number of nitrogens with zero attached hydrogens (tertiary/aromatic N) is 4. The molecular formula is C20H20Cl2N4O5. The predicted molar refractivity (Wildman–Crippen MR) is 117 cm³/mol. The summed E-state index contributed by atoms with van der Waals surface area (Å²) in [5.74, 6) is -0.530. The van der Waals surface area contributed by atoms with E-state index in [-0.39, 0.29) is 12.1 Å². The van der Waals surface area contributed by atoms with Crippen LogP contribution in [0.4, 0.5) is 11.4 Å². The fraction of sp³-hybridized carbons (Fsp3) is 0.350. The molecule has 1 saturated heterocycles. The molecule has 164 valence electrons. The third-order valence-corrected chi connectivity index (χ3v) is 5.84. The van der Waals surface area contributed by atoms with Gasteiger partial charge in [0.2, 0.25) is 0 Å². The summed E-state index contributed by atoms with van der Waals surface area (Å²) in [6, 6.07) is 7.97. The Labute approximate surface area is 188 Å². The second-order valence-corrected chi connectivity index (χ2v) is 8.09. The summed E-state index contributed by atoms with van der Waals surface area (Å²) < 4.78 is 0. The van der Waals surface area contributed by atoms with E-state index >= 15 is 0 Å². The van der Waals surface area contributed by atoms with E-state index < -0.39 is 27.1 Å². The van der Waals surface area contributed by atoms with Gasteiger partial charge in [0.15, 0.2) is 0 Å². The van der Waals surface area contributed by atoms with Gasteiger partial charge in [-0.2, -0.15) is 0 Å². The highest BCUT2D eigenvalue weighted by atomic mass is 35.5. The van der Waals surface area contributed by atoms with Gasteiger partial charge in [-0.05, 0) is 43.6 Å². The lowest BCUT2D eigenvalue weighted by Gasteiger charge is -2.26. The van der Waals surface area contributed by atoms with Crippen LogP contribution < -0.4 is 0 Å². The molecule has 1 aliphatic heterocycles. The Hall–Kier alpha value is -2.75. The quantitative estimate of drug-likeness (QED) is 0.416. The van der Waals surface area contributed by atoms with Gasteiger partial charge in [-0.25, -0.2) is 0 Å². The molecule has 3 rings (SSSR count). The van der Waals surface area contributed by atoms with Gasteiger partial charge in [0.1, 0.15) is 0 Å². The molecule has 0 radical (unpaired) electrons. The van der Waals surface area contributed by atoms with Crippen molar-refractivity contribution in [2.75, 3.05) is 26.2 Å². The van der Waals surface area contributed by atoms with Gasteiger partial charge >= 0.3 is 0 Å². The monoisotopic (exact) mass is 466 g/mol. The molecule has 31 heavy (non-hydrogen) atoms. The highest BCUT2D eigenvalue weighted by molar-refractivity contribution is 6.42. The maximum atomic E-state index is 13.3. The number of carbonyl (C=O) groups excluding carboxylic acids is 1. The van der Waals surface area contributed by atoms with Crippen LogP contribution in [0.5, 0.6) is 0 Å². The molecular weight excluding hydrogens is 447 g/mol. The fourth-order valence-corrected chi connectivity index (χ4v) is 3.81. The molecule has 11 heteroatoms. The zero-order valence-electron chi connectivity index (χ0n) is 16.5. The summed E-state index contributed by atoms with van der Waals surface area (Å²) in [5, 5.41) is 23.1. The van der Waals surface area contributed by atoms with Crippen molar-refractivity contribution >= 4 is 40.5 Å². The number of nitro benzene ring substituents is 2. The number of hydrogen-bond donors (Lipinski definition) is 0. The lowest BCUT2D eigenvalue weighted by atomic mass is 10.1. The molecule has 0 saturated carbocycles. The highest BCUT2D eigenvalue weighted by Crippen LogP contribution is 2.26. The molecule has 1 heterocycles. The Morgan fingerprint density at radius 1 is 0.968 bits per heavy atom. The van der Waals surface area contributed by atoms with Crippen LogP contribution >= 0.6 is 23.2 Å². The van der Waals surface area contributed by atoms with Crippen LogP contribution in [0.2, 0.25) is 10.0 Å². The Kier molecular flexibility index (Phi) is 7.42. The number of likely N-dealkylation sites (tertiary alicyclic amines) is 1. The average Bonchev–Trinajstić information content (AvgIpc) is 3.26. The van der Waals surface area contributed by atoms with Crippen molar-refractivity contribution in [1.29, 1.82) is 0 Å². The highest BCUT2D eigenvalue weighted by Gasteiger charge is 2.24. The number of rotatable bonds is 8. The van der Waals surface area contributed by atoms with Crippen molar-refractivity contribution < 1.29 is 14.6 Å². The maximum absolute atomic E-state index is 13.3. The van der Waals surface area contributed by atoms with Gasteiger partial charge in [-0.15, -0.1) is 0 Å². The van der Waals surface area contributed by atoms with Crippen molar-refractivity contribution in [2.24, 2.45) is 0 Å². The first-order valence-electron chi connectivity index (χ1n) is 9.64. The van der Waals surface area contributed by atoms with Gasteiger partial charge in [-0.3, -0.25) is 25.0 Å². The minimum absolute atomic E-state index is 0.109. The van der Waals surface area contributed by atoms with E-state index in [1.165, 1.54) is 4.90 Å². The molecule has 0 aromatic heterocycles. The van der Waals surface area contributed by atoms with Crippen LogP contribution in [0.15, 0.2) is 36.4 Å². The predicted octanol–water partition coefficient (Wildman–Crippen LogP) is 4.55. The van der Waals surface area contributed by atoms with Crippen molar-refractivity contribution in [2.45, 2.75) is 19.4 Å². The summed E-state index contributed by atoms with van der Waals surface area (Å²) in [7, 11) is 0. The molecule has 0 bridgehead atoms. The zero-order valence-corrected chi connectivity index (χ0v) is 18.0. The molecule has 0 aliphatic carbocycles. The SMILES string of the molecule is O=C(c1cc([N+](=O)[O-])cc([N+](=O)[O-])c1)N(CCN1CCCC1)Cc1ccc(Cl)c(Cl)c1. The first-order chi connectivity index (χ1) is 14.7. The van der Waals surface area contributed by atoms with Gasteiger partial charge in [0.05, 0.1) is 31.5 Å². The molecule has 2 aromatic rings. The first kappa shape index (κ1) is 22.9. The molecule has 2 aromatic carbocycles. The topological polar surface area (TPSA) is 110 Å². The standard InChI is InChI=1S/C20H20Cl2N4O5/c21-18-4-3-14(9-19(18)22)13-24(8-7-23-5-1-2-6-23)20(27)15-10-16(25(28)29)12-17(11-15)26(30)31/h3-4,9-12H,1-2,5-8,13H2. The van der Waals surface area contributed by atoms with Crippen LogP contribution in [0.3, 0.4) is 0 Å². The zero-order chi connectivity index (χ0) is 22.5. The van der Waals surface area contributed by atoms with E-state index in [0.717, 1.165) is 49.7 Å². The van der Waals surface area contributed by atoms with Crippen LogP contribution in [-0.2, 0) is 6.54 Å². The molecule has 9 nitrogen and oxygen atoms in total. The van der Waals surface area contributed by atoms with Crippen molar-refractivity contribution in [1.82, 2.24) is 9.80 Å². The second-order valence-electron chi connectivity index (χ2n) is 7.28. The smallest absolute Gasteiger partial charge is 0.277 e. The number of nitro groups is 2. The normalized spacial score (nSPS) is 13.9. The van der Waals surface area contributed by atoms with Crippen LogP contribution in [0.1, 0.15) is 28.8 Å². The molecule has 0 atom stereocenters. The minimum atomic E-state index is -0.753. The van der Waals surface area contributed by atoms with Crippen molar-refractivity contribution in [3.63, 3.8) is 0 Å². The van der Waals surface area contributed by atoms with Crippen LogP contribution in [0.25, 0.3) is 0 Å². The van der Waals surface area contributed by atoms with Crippen molar-refractivity contribution in [3.05, 3.63) is 77.8 Å². The molecule has 0 unspecified atom stereocenters. The third-order valence-electron chi connectivity index (χ3n) is 5.10. The Balaban J connectivity index is 1.90. The number of hydrogen-bond acceptors (Lipinski definition) is 6. The lowest BCUT2D eigenvalue weighted by Crippen LogP contribution is -2.37. The first-order valence-corrected chi connectivity index (χ1v) is 10.4. The maximum Gasteiger partial charge on any atom is 0.277 e.